The first-order valence-electron chi connectivity index (χ1n) is 13.0. The molecule has 0 aromatic heterocycles. The predicted octanol–water partition coefficient (Wildman–Crippen LogP) is 4.25. The third-order valence-corrected chi connectivity index (χ3v) is 7.60. The van der Waals surface area contributed by atoms with E-state index in [9.17, 15) is 14.0 Å². The molecular formula is C30H34FN5O3. The summed E-state index contributed by atoms with van der Waals surface area (Å²) in [5, 5.41) is 2.94. The second-order valence-corrected chi connectivity index (χ2v) is 10.4. The number of hydrogen-bond donors (Lipinski definition) is 1. The summed E-state index contributed by atoms with van der Waals surface area (Å²) in [5.74, 6) is -0.319. The third kappa shape index (κ3) is 4.96. The van der Waals surface area contributed by atoms with E-state index < -0.39 is 11.6 Å². The van der Waals surface area contributed by atoms with Crippen molar-refractivity contribution in [1.29, 1.82) is 0 Å². The molecule has 5 rings (SSSR count). The van der Waals surface area contributed by atoms with Crippen LogP contribution < -0.4 is 15.1 Å². The van der Waals surface area contributed by atoms with Crippen molar-refractivity contribution in [2.75, 3.05) is 57.6 Å². The Balaban J connectivity index is 1.48. The Bertz CT molecular complexity index is 1270. The Hall–Kier alpha value is -4.27. The number of carbonyl (C=O) groups is 2. The van der Waals surface area contributed by atoms with Crippen LogP contribution in [0, 0.1) is 5.82 Å². The fourth-order valence-corrected chi connectivity index (χ4v) is 5.37. The van der Waals surface area contributed by atoms with Crippen molar-refractivity contribution < 1.29 is 18.7 Å². The molecule has 3 aromatic carbocycles. The van der Waals surface area contributed by atoms with Gasteiger partial charge in [0.25, 0.3) is 0 Å². The number of carbonyl (C=O) groups excluding carboxylic acids is 2. The van der Waals surface area contributed by atoms with Crippen LogP contribution >= 0.6 is 0 Å². The molecule has 2 aliphatic rings. The van der Waals surface area contributed by atoms with E-state index in [1.54, 1.807) is 21.9 Å². The van der Waals surface area contributed by atoms with Gasteiger partial charge >= 0.3 is 12.1 Å². The average Bonchev–Trinajstić information content (AvgIpc) is 3.25. The number of cyclic esters (lactones) is 1. The standard InChI is InChI=1S/C30H34FN5O3/c1-33(2)25-13-7-22(8-14-25)30(23-9-15-26(16-10-23)34(3)4)27-20-35(17-18-36(27)29(38)39-30)28(37)32-19-21-5-11-24(31)12-6-21/h5-16,27H,17-20H2,1-4H3,(H,32,37). The molecule has 0 aliphatic carbocycles. The molecule has 39 heavy (non-hydrogen) atoms. The molecule has 1 atom stereocenters. The van der Waals surface area contributed by atoms with E-state index in [4.69, 9.17) is 4.74 Å². The van der Waals surface area contributed by atoms with Gasteiger partial charge in [0, 0.05) is 76.9 Å². The highest BCUT2D eigenvalue weighted by Crippen LogP contribution is 2.46. The number of urea groups is 1. The smallest absolute Gasteiger partial charge is 0.411 e. The summed E-state index contributed by atoms with van der Waals surface area (Å²) < 4.78 is 19.6. The largest absolute Gasteiger partial charge is 0.431 e. The second kappa shape index (κ2) is 10.5. The normalized spacial score (nSPS) is 17.9. The molecule has 3 amide bonds. The number of hydrogen-bond acceptors (Lipinski definition) is 5. The van der Waals surface area contributed by atoms with Crippen molar-refractivity contribution in [2.24, 2.45) is 0 Å². The van der Waals surface area contributed by atoms with Gasteiger partial charge in [0.2, 0.25) is 0 Å². The summed E-state index contributed by atoms with van der Waals surface area (Å²) in [5.41, 5.74) is 3.47. The lowest BCUT2D eigenvalue weighted by molar-refractivity contribution is 0.0512. The first-order valence-corrected chi connectivity index (χ1v) is 13.0. The van der Waals surface area contributed by atoms with E-state index in [1.165, 1.54) is 12.1 Å². The number of benzene rings is 3. The van der Waals surface area contributed by atoms with Crippen LogP contribution in [0.1, 0.15) is 16.7 Å². The Morgan fingerprint density at radius 2 is 1.44 bits per heavy atom. The SMILES string of the molecule is CN(C)c1ccc(C2(c3ccc(N(C)C)cc3)OC(=O)N3CCN(C(=O)NCc4ccc(F)cc4)CC32)cc1. The summed E-state index contributed by atoms with van der Waals surface area (Å²) in [6.07, 6.45) is -0.389. The van der Waals surface area contributed by atoms with Crippen LogP contribution in [0.25, 0.3) is 0 Å². The molecule has 0 radical (unpaired) electrons. The number of nitrogens with one attached hydrogen (secondary N) is 1. The minimum atomic E-state index is -1.09. The van der Waals surface area contributed by atoms with Crippen LogP contribution in [0.3, 0.4) is 0 Å². The van der Waals surface area contributed by atoms with Crippen molar-refractivity contribution >= 4 is 23.5 Å². The molecule has 1 N–H and O–H groups in total. The Labute approximate surface area is 228 Å². The average molecular weight is 532 g/mol. The van der Waals surface area contributed by atoms with E-state index in [-0.39, 0.29) is 24.5 Å². The zero-order valence-electron chi connectivity index (χ0n) is 22.7. The maximum Gasteiger partial charge on any atom is 0.411 e. The minimum absolute atomic E-state index is 0.238. The number of piperazine rings is 1. The monoisotopic (exact) mass is 531 g/mol. The van der Waals surface area contributed by atoms with Crippen LogP contribution in [-0.4, -0.2) is 75.8 Å². The summed E-state index contributed by atoms with van der Waals surface area (Å²) >= 11 is 0. The van der Waals surface area contributed by atoms with Crippen molar-refractivity contribution in [3.05, 3.63) is 95.3 Å². The molecule has 3 aromatic rings. The van der Waals surface area contributed by atoms with Crippen molar-refractivity contribution in [3.8, 4) is 0 Å². The molecule has 2 saturated heterocycles. The number of nitrogens with zero attached hydrogens (tertiary/aromatic N) is 4. The van der Waals surface area contributed by atoms with E-state index in [0.29, 0.717) is 19.6 Å². The summed E-state index contributed by atoms with van der Waals surface area (Å²) in [4.78, 5) is 34.0. The molecule has 0 bridgehead atoms. The molecule has 204 valence electrons. The van der Waals surface area contributed by atoms with E-state index in [1.807, 2.05) is 86.5 Å². The Morgan fingerprint density at radius 3 is 1.95 bits per heavy atom. The fourth-order valence-electron chi connectivity index (χ4n) is 5.37. The van der Waals surface area contributed by atoms with E-state index in [0.717, 1.165) is 28.1 Å². The van der Waals surface area contributed by atoms with Crippen LogP contribution in [-0.2, 0) is 16.9 Å². The van der Waals surface area contributed by atoms with Crippen LogP contribution in [0.5, 0.6) is 0 Å². The Morgan fingerprint density at radius 1 is 0.897 bits per heavy atom. The number of halogens is 1. The predicted molar refractivity (Wildman–Crippen MR) is 150 cm³/mol. The van der Waals surface area contributed by atoms with E-state index in [2.05, 4.69) is 5.32 Å². The fraction of sp³-hybridized carbons (Fsp3) is 0.333. The number of rotatable bonds is 6. The first-order chi connectivity index (χ1) is 18.7. The summed E-state index contributed by atoms with van der Waals surface area (Å²) in [6.45, 7) is 1.32. The Kier molecular flexibility index (Phi) is 7.08. The molecular weight excluding hydrogens is 497 g/mol. The van der Waals surface area contributed by atoms with Gasteiger partial charge in [-0.25, -0.2) is 14.0 Å². The van der Waals surface area contributed by atoms with Gasteiger partial charge in [0.15, 0.2) is 5.60 Å². The van der Waals surface area contributed by atoms with Gasteiger partial charge in [-0.3, -0.25) is 4.90 Å². The zero-order valence-corrected chi connectivity index (χ0v) is 22.7. The third-order valence-electron chi connectivity index (χ3n) is 7.60. The van der Waals surface area contributed by atoms with Crippen LogP contribution in [0.4, 0.5) is 25.4 Å². The molecule has 1 unspecified atom stereocenters. The lowest BCUT2D eigenvalue weighted by Crippen LogP contribution is -2.59. The maximum absolute atomic E-state index is 13.3. The van der Waals surface area contributed by atoms with E-state index >= 15 is 0 Å². The minimum Gasteiger partial charge on any atom is -0.431 e. The lowest BCUT2D eigenvalue weighted by atomic mass is 9.79. The van der Waals surface area contributed by atoms with Crippen molar-refractivity contribution in [1.82, 2.24) is 15.1 Å². The van der Waals surface area contributed by atoms with Gasteiger partial charge in [0.1, 0.15) is 11.9 Å². The highest BCUT2D eigenvalue weighted by Gasteiger charge is 2.58. The van der Waals surface area contributed by atoms with Gasteiger partial charge in [-0.05, 0) is 42.0 Å². The maximum atomic E-state index is 13.3. The molecule has 9 heteroatoms. The summed E-state index contributed by atoms with van der Waals surface area (Å²) in [7, 11) is 7.91. The van der Waals surface area contributed by atoms with Gasteiger partial charge in [0.05, 0.1) is 0 Å². The van der Waals surface area contributed by atoms with Gasteiger partial charge in [-0.15, -0.1) is 0 Å². The highest BCUT2D eigenvalue weighted by molar-refractivity contribution is 5.77. The zero-order chi connectivity index (χ0) is 27.7. The van der Waals surface area contributed by atoms with Crippen LogP contribution in [0.2, 0.25) is 0 Å². The number of amides is 3. The number of fused-ring (bicyclic) bond motifs is 1. The van der Waals surface area contributed by atoms with Gasteiger partial charge in [-0.2, -0.15) is 0 Å². The molecule has 2 heterocycles. The quantitative estimate of drug-likeness (QED) is 0.515. The molecule has 2 fully saturated rings. The second-order valence-electron chi connectivity index (χ2n) is 10.4. The van der Waals surface area contributed by atoms with Gasteiger partial charge < -0.3 is 24.8 Å². The van der Waals surface area contributed by atoms with Gasteiger partial charge in [-0.1, -0.05) is 36.4 Å². The molecule has 8 nitrogen and oxygen atoms in total. The molecule has 0 spiro atoms. The topological polar surface area (TPSA) is 68.4 Å². The number of ether oxygens (including phenoxy) is 1. The van der Waals surface area contributed by atoms with Crippen LogP contribution in [0.15, 0.2) is 72.8 Å². The first kappa shape index (κ1) is 26.3. The molecule has 2 aliphatic heterocycles. The highest BCUT2D eigenvalue weighted by atomic mass is 19.1. The number of anilines is 2. The van der Waals surface area contributed by atoms with Crippen molar-refractivity contribution in [3.63, 3.8) is 0 Å². The molecule has 0 saturated carbocycles. The summed E-state index contributed by atoms with van der Waals surface area (Å²) in [6, 6.07) is 21.4. The lowest BCUT2D eigenvalue weighted by Gasteiger charge is -2.42. The van der Waals surface area contributed by atoms with Crippen molar-refractivity contribution in [2.45, 2.75) is 18.2 Å².